The average Bonchev–Trinajstić information content (AvgIpc) is 3.30. The molecule has 31 heavy (non-hydrogen) atoms. The molecule has 0 radical (unpaired) electrons. The number of nitrogens with zero attached hydrogens (tertiary/aromatic N) is 4. The van der Waals surface area contributed by atoms with Crippen molar-refractivity contribution in [1.29, 1.82) is 0 Å². The summed E-state index contributed by atoms with van der Waals surface area (Å²) in [5, 5.41) is 17.9. The zero-order chi connectivity index (χ0) is 21.8. The first kappa shape index (κ1) is 20.4. The highest BCUT2D eigenvalue weighted by Crippen LogP contribution is 2.23. The first-order chi connectivity index (χ1) is 15.0. The van der Waals surface area contributed by atoms with Crippen LogP contribution in [0, 0.1) is 10.1 Å². The van der Waals surface area contributed by atoms with Crippen LogP contribution in [0.4, 0.5) is 11.4 Å². The normalized spacial score (nSPS) is 13.8. The number of carbonyl (C=O) groups is 1. The molecule has 4 rings (SSSR count). The number of ether oxygens (including phenoxy) is 1. The quantitative estimate of drug-likeness (QED) is 0.483. The number of rotatable bonds is 6. The van der Waals surface area contributed by atoms with E-state index in [9.17, 15) is 14.9 Å². The molecule has 1 fully saturated rings. The molecule has 2 aromatic carbocycles. The predicted molar refractivity (Wildman–Crippen MR) is 116 cm³/mol. The Morgan fingerprint density at radius 3 is 2.39 bits per heavy atom. The lowest BCUT2D eigenvalue weighted by Gasteiger charge is -2.35. The summed E-state index contributed by atoms with van der Waals surface area (Å²) < 4.78 is 5.45. The maximum atomic E-state index is 12.9. The number of amides is 1. The number of nitrogens with one attached hydrogen (secondary N) is 1. The van der Waals surface area contributed by atoms with Crippen molar-refractivity contribution in [2.45, 2.75) is 6.92 Å². The number of hydrogen-bond donors (Lipinski definition) is 1. The molecular formula is C22H23N5O4. The third kappa shape index (κ3) is 4.50. The van der Waals surface area contributed by atoms with Crippen LogP contribution in [0.15, 0.2) is 54.6 Å². The van der Waals surface area contributed by atoms with Crippen LogP contribution < -0.4 is 9.64 Å². The fraction of sp³-hybridized carbons (Fsp3) is 0.273. The Morgan fingerprint density at radius 1 is 1.10 bits per heavy atom. The Labute approximate surface area is 179 Å². The highest BCUT2D eigenvalue weighted by atomic mass is 16.6. The van der Waals surface area contributed by atoms with Crippen molar-refractivity contribution in [2.75, 3.05) is 37.7 Å². The molecule has 1 aliphatic rings. The monoisotopic (exact) mass is 421 g/mol. The number of benzene rings is 2. The van der Waals surface area contributed by atoms with E-state index in [4.69, 9.17) is 4.74 Å². The van der Waals surface area contributed by atoms with Crippen molar-refractivity contribution >= 4 is 17.3 Å². The van der Waals surface area contributed by atoms with Gasteiger partial charge in [0.05, 0.1) is 17.2 Å². The fourth-order valence-corrected chi connectivity index (χ4v) is 3.59. The molecule has 0 aliphatic carbocycles. The van der Waals surface area contributed by atoms with Crippen molar-refractivity contribution in [3.8, 4) is 17.0 Å². The van der Waals surface area contributed by atoms with Gasteiger partial charge in [0.2, 0.25) is 0 Å². The lowest BCUT2D eigenvalue weighted by Crippen LogP contribution is -2.48. The van der Waals surface area contributed by atoms with Gasteiger partial charge in [-0.15, -0.1) is 0 Å². The van der Waals surface area contributed by atoms with Gasteiger partial charge in [-0.3, -0.25) is 20.0 Å². The van der Waals surface area contributed by atoms with Crippen molar-refractivity contribution < 1.29 is 14.5 Å². The van der Waals surface area contributed by atoms with E-state index in [0.29, 0.717) is 44.2 Å². The standard InChI is InChI=1S/C22H23N5O4/c1-2-31-19-9-3-16(4-10-19)20-15-21(24-23-20)22(28)26-13-11-25(12-14-26)17-5-7-18(8-6-17)27(29)30/h3-10,15H,2,11-14H2,1H3,(H,23,24). The van der Waals surface area contributed by atoms with Crippen molar-refractivity contribution in [3.05, 3.63) is 70.4 Å². The third-order valence-corrected chi connectivity index (χ3v) is 5.26. The number of aromatic nitrogens is 2. The molecule has 1 saturated heterocycles. The summed E-state index contributed by atoms with van der Waals surface area (Å²) in [4.78, 5) is 27.2. The van der Waals surface area contributed by atoms with Gasteiger partial charge < -0.3 is 14.5 Å². The van der Waals surface area contributed by atoms with Gasteiger partial charge in [-0.05, 0) is 49.4 Å². The molecule has 0 saturated carbocycles. The van der Waals surface area contributed by atoms with Crippen LogP contribution >= 0.6 is 0 Å². The molecule has 160 valence electrons. The number of hydrogen-bond acceptors (Lipinski definition) is 6. The molecule has 1 aliphatic heterocycles. The highest BCUT2D eigenvalue weighted by Gasteiger charge is 2.24. The van der Waals surface area contributed by atoms with E-state index in [0.717, 1.165) is 17.0 Å². The molecule has 9 heteroatoms. The van der Waals surface area contributed by atoms with E-state index in [1.165, 1.54) is 12.1 Å². The summed E-state index contributed by atoms with van der Waals surface area (Å²) in [6.07, 6.45) is 0. The van der Waals surface area contributed by atoms with E-state index in [1.54, 1.807) is 23.1 Å². The fourth-order valence-electron chi connectivity index (χ4n) is 3.59. The Balaban J connectivity index is 1.37. The number of nitro groups is 1. The minimum Gasteiger partial charge on any atom is -0.494 e. The van der Waals surface area contributed by atoms with Crippen LogP contribution in [0.3, 0.4) is 0 Å². The molecule has 1 aromatic heterocycles. The Morgan fingerprint density at radius 2 is 1.77 bits per heavy atom. The molecule has 0 atom stereocenters. The molecule has 3 aromatic rings. The molecule has 1 amide bonds. The van der Waals surface area contributed by atoms with Gasteiger partial charge in [0.15, 0.2) is 0 Å². The van der Waals surface area contributed by atoms with Gasteiger partial charge in [0, 0.05) is 49.6 Å². The summed E-state index contributed by atoms with van der Waals surface area (Å²) in [6, 6.07) is 15.8. The zero-order valence-corrected chi connectivity index (χ0v) is 17.2. The van der Waals surface area contributed by atoms with Gasteiger partial charge >= 0.3 is 0 Å². The van der Waals surface area contributed by atoms with Crippen molar-refractivity contribution in [2.24, 2.45) is 0 Å². The molecule has 2 heterocycles. The maximum Gasteiger partial charge on any atom is 0.272 e. The van der Waals surface area contributed by atoms with Crippen LogP contribution in [0.25, 0.3) is 11.3 Å². The molecule has 1 N–H and O–H groups in total. The van der Waals surface area contributed by atoms with Crippen LogP contribution in [-0.2, 0) is 0 Å². The molecule has 0 bridgehead atoms. The lowest BCUT2D eigenvalue weighted by atomic mass is 10.1. The number of anilines is 1. The van der Waals surface area contributed by atoms with Gasteiger partial charge in [-0.25, -0.2) is 0 Å². The number of aromatic amines is 1. The zero-order valence-electron chi connectivity index (χ0n) is 17.2. The number of piperazine rings is 1. The number of nitro benzene ring substituents is 1. The van der Waals surface area contributed by atoms with Crippen LogP contribution in [0.5, 0.6) is 5.75 Å². The van der Waals surface area contributed by atoms with E-state index in [1.807, 2.05) is 31.2 Å². The second kappa shape index (κ2) is 8.86. The van der Waals surface area contributed by atoms with Gasteiger partial charge in [0.25, 0.3) is 11.6 Å². The topological polar surface area (TPSA) is 105 Å². The van der Waals surface area contributed by atoms with Crippen molar-refractivity contribution in [1.82, 2.24) is 15.1 Å². The van der Waals surface area contributed by atoms with Gasteiger partial charge in [0.1, 0.15) is 11.4 Å². The largest absolute Gasteiger partial charge is 0.494 e. The van der Waals surface area contributed by atoms with E-state index >= 15 is 0 Å². The minimum atomic E-state index is -0.410. The van der Waals surface area contributed by atoms with E-state index in [-0.39, 0.29) is 11.6 Å². The predicted octanol–water partition coefficient (Wildman–Crippen LogP) is 3.35. The average molecular weight is 421 g/mol. The summed E-state index contributed by atoms with van der Waals surface area (Å²) in [5.41, 5.74) is 3.04. The summed E-state index contributed by atoms with van der Waals surface area (Å²) >= 11 is 0. The second-order valence-electron chi connectivity index (χ2n) is 7.18. The summed E-state index contributed by atoms with van der Waals surface area (Å²) in [7, 11) is 0. The second-order valence-corrected chi connectivity index (χ2v) is 7.18. The first-order valence-corrected chi connectivity index (χ1v) is 10.1. The van der Waals surface area contributed by atoms with Gasteiger partial charge in [-0.2, -0.15) is 5.10 Å². The molecule has 0 unspecified atom stereocenters. The lowest BCUT2D eigenvalue weighted by molar-refractivity contribution is -0.384. The molecular weight excluding hydrogens is 398 g/mol. The number of carbonyl (C=O) groups excluding carboxylic acids is 1. The SMILES string of the molecule is CCOc1ccc(-c2cc(C(=O)N3CCN(c4ccc([N+](=O)[O-])cc4)CC3)[nH]n2)cc1. The number of non-ortho nitro benzene ring substituents is 1. The van der Waals surface area contributed by atoms with Crippen LogP contribution in [-0.4, -0.2) is 58.7 Å². The number of H-pyrrole nitrogens is 1. The van der Waals surface area contributed by atoms with Crippen LogP contribution in [0.2, 0.25) is 0 Å². The molecule has 9 nitrogen and oxygen atoms in total. The van der Waals surface area contributed by atoms with E-state index in [2.05, 4.69) is 15.1 Å². The van der Waals surface area contributed by atoms with Crippen molar-refractivity contribution in [3.63, 3.8) is 0 Å². The Bertz CT molecular complexity index is 1050. The summed E-state index contributed by atoms with van der Waals surface area (Å²) in [5.74, 6) is 0.706. The first-order valence-electron chi connectivity index (χ1n) is 10.1. The third-order valence-electron chi connectivity index (χ3n) is 5.26. The highest BCUT2D eigenvalue weighted by molar-refractivity contribution is 5.93. The smallest absolute Gasteiger partial charge is 0.272 e. The van der Waals surface area contributed by atoms with Gasteiger partial charge in [-0.1, -0.05) is 0 Å². The van der Waals surface area contributed by atoms with E-state index < -0.39 is 4.92 Å². The summed E-state index contributed by atoms with van der Waals surface area (Å²) in [6.45, 7) is 4.98. The minimum absolute atomic E-state index is 0.0696. The maximum absolute atomic E-state index is 12.9. The Hall–Kier alpha value is -3.88. The Kier molecular flexibility index (Phi) is 5.83. The van der Waals surface area contributed by atoms with Crippen LogP contribution in [0.1, 0.15) is 17.4 Å². The molecule has 0 spiro atoms.